The Morgan fingerprint density at radius 1 is 1.13 bits per heavy atom. The van der Waals surface area contributed by atoms with Crippen molar-refractivity contribution in [3.05, 3.63) is 90.5 Å². The summed E-state index contributed by atoms with van der Waals surface area (Å²) in [5.74, 6) is 6.10. The minimum atomic E-state index is -4.84. The lowest BCUT2D eigenvalue weighted by Gasteiger charge is -2.11. The van der Waals surface area contributed by atoms with Crippen LogP contribution in [0.1, 0.15) is 24.4 Å². The molecule has 0 amide bonds. The Bertz CT molecular complexity index is 1480. The smallest absolute Gasteiger partial charge is 0.406 e. The first-order valence-corrected chi connectivity index (χ1v) is 11.9. The highest BCUT2D eigenvalue weighted by atomic mass is 32.2. The molecule has 38 heavy (non-hydrogen) atoms. The number of halogens is 4. The van der Waals surface area contributed by atoms with Gasteiger partial charge in [0, 0.05) is 29.2 Å². The number of rotatable bonds is 8. The summed E-state index contributed by atoms with van der Waals surface area (Å²) in [4.78, 5) is 4.73. The number of hydrazine groups is 1. The van der Waals surface area contributed by atoms with E-state index in [2.05, 4.69) is 9.72 Å². The molecular weight excluding hydrogens is 522 g/mol. The molecule has 1 aromatic heterocycles. The van der Waals surface area contributed by atoms with Gasteiger partial charge in [-0.1, -0.05) is 22.9 Å². The van der Waals surface area contributed by atoms with Crippen LogP contribution in [0.25, 0.3) is 16.8 Å². The molecule has 4 N–H and O–H groups in total. The van der Waals surface area contributed by atoms with E-state index in [0.717, 1.165) is 29.5 Å². The van der Waals surface area contributed by atoms with Crippen molar-refractivity contribution in [3.8, 4) is 22.6 Å². The predicted molar refractivity (Wildman–Crippen MR) is 137 cm³/mol. The molecule has 0 saturated carbocycles. The van der Waals surface area contributed by atoms with Gasteiger partial charge in [-0.3, -0.25) is 4.57 Å². The Labute approximate surface area is 219 Å². The van der Waals surface area contributed by atoms with Gasteiger partial charge in [0.2, 0.25) is 0 Å². The standard InChI is InChI=1S/C26H21F4N5O2S/c1-16(27)22-14-34(15-33-22)23-10-7-19(18-3-2-4-21(11-18)38-36)12-24(23)35(32)25(13-31)17-5-8-20(9-6-17)37-26(28,29)30/h2-16,31H,32H2,1H3/p+1. The van der Waals surface area contributed by atoms with Gasteiger partial charge in [-0.15, -0.1) is 13.2 Å². The van der Waals surface area contributed by atoms with Gasteiger partial charge in [0.25, 0.3) is 11.4 Å². The maximum atomic E-state index is 13.9. The topological polar surface area (TPSA) is 100 Å². The van der Waals surface area contributed by atoms with Crippen LogP contribution in [0.4, 0.5) is 23.2 Å². The van der Waals surface area contributed by atoms with E-state index >= 15 is 0 Å². The van der Waals surface area contributed by atoms with E-state index in [1.54, 1.807) is 34.9 Å². The van der Waals surface area contributed by atoms with Crippen LogP contribution >= 0.6 is 12.0 Å². The summed E-state index contributed by atoms with van der Waals surface area (Å²) < 4.78 is 67.7. The molecule has 0 radical (unpaired) electrons. The van der Waals surface area contributed by atoms with E-state index in [-0.39, 0.29) is 11.4 Å². The van der Waals surface area contributed by atoms with E-state index < -0.39 is 18.3 Å². The Hall–Kier alpha value is -4.16. The molecule has 12 heteroatoms. The molecule has 4 rings (SSSR count). The zero-order valence-corrected chi connectivity index (χ0v) is 20.7. The lowest BCUT2D eigenvalue weighted by Crippen LogP contribution is -2.26. The number of ether oxygens (including phenoxy) is 1. The number of hydrogen-bond donors (Lipinski definition) is 3. The Morgan fingerprint density at radius 3 is 2.45 bits per heavy atom. The van der Waals surface area contributed by atoms with Crippen molar-refractivity contribution in [3.63, 3.8) is 0 Å². The minimum absolute atomic E-state index is 0.167. The van der Waals surface area contributed by atoms with E-state index in [4.69, 9.17) is 11.3 Å². The van der Waals surface area contributed by atoms with Gasteiger partial charge in [-0.25, -0.2) is 15.2 Å². The number of hydrazone groups is 1. The number of benzene rings is 3. The fourth-order valence-corrected chi connectivity index (χ4v) is 4.09. The monoisotopic (exact) mass is 544 g/mol. The van der Waals surface area contributed by atoms with Gasteiger partial charge in [-0.2, -0.15) is 0 Å². The predicted octanol–water partition coefficient (Wildman–Crippen LogP) is 6.69. The van der Waals surface area contributed by atoms with Crippen LogP contribution in [0.5, 0.6) is 5.75 Å². The van der Waals surface area contributed by atoms with Crippen LogP contribution in [-0.2, 0) is 0 Å². The van der Waals surface area contributed by atoms with E-state index in [1.165, 1.54) is 36.3 Å². The number of nitrogens with zero attached hydrogens (tertiary/aromatic N) is 3. The lowest BCUT2D eigenvalue weighted by molar-refractivity contribution is -0.449. The van der Waals surface area contributed by atoms with Crippen molar-refractivity contribution in [2.24, 2.45) is 5.84 Å². The largest absolute Gasteiger partial charge is 0.573 e. The number of imidazole rings is 1. The number of alkyl halides is 4. The highest BCUT2D eigenvalue weighted by Crippen LogP contribution is 2.32. The van der Waals surface area contributed by atoms with Crippen LogP contribution in [0.2, 0.25) is 0 Å². The molecule has 0 aliphatic rings. The van der Waals surface area contributed by atoms with Crippen LogP contribution in [0.3, 0.4) is 0 Å². The average Bonchev–Trinajstić information content (AvgIpc) is 3.39. The summed E-state index contributed by atoms with van der Waals surface area (Å²) in [6.45, 7) is 1.37. The van der Waals surface area contributed by atoms with Gasteiger partial charge in [0.1, 0.15) is 17.6 Å². The average molecular weight is 545 g/mol. The third-order valence-corrected chi connectivity index (χ3v) is 6.04. The van der Waals surface area contributed by atoms with E-state index in [0.29, 0.717) is 33.9 Å². The molecule has 4 aromatic rings. The summed E-state index contributed by atoms with van der Waals surface area (Å²) in [7, 11) is 0. The zero-order chi connectivity index (χ0) is 27.4. The van der Waals surface area contributed by atoms with Crippen molar-refractivity contribution in [1.29, 1.82) is 5.41 Å². The third kappa shape index (κ3) is 6.03. The first-order valence-electron chi connectivity index (χ1n) is 11.1. The Morgan fingerprint density at radius 2 is 1.84 bits per heavy atom. The third-order valence-electron chi connectivity index (χ3n) is 5.58. The number of aromatic nitrogens is 2. The molecule has 0 aliphatic heterocycles. The van der Waals surface area contributed by atoms with Crippen LogP contribution < -0.4 is 10.6 Å². The molecule has 0 fully saturated rings. The molecule has 1 heterocycles. The highest BCUT2D eigenvalue weighted by molar-refractivity contribution is 7.93. The molecule has 1 unspecified atom stereocenters. The SMILES string of the molecule is CC(F)c1cn(-c2ccc(-c3cccc(SO)c3)cc2[N+](N)=C(C=N)c2ccc(OC(F)(F)F)cc2)cn1. The van der Waals surface area contributed by atoms with Crippen molar-refractivity contribution >= 4 is 29.7 Å². The summed E-state index contributed by atoms with van der Waals surface area (Å²) in [5.41, 5.74) is 3.16. The highest BCUT2D eigenvalue weighted by Gasteiger charge is 2.31. The van der Waals surface area contributed by atoms with Gasteiger partial charge >= 0.3 is 6.36 Å². The molecule has 1 atom stereocenters. The number of nitrogens with one attached hydrogen (secondary N) is 1. The molecule has 196 valence electrons. The molecule has 3 aromatic carbocycles. The zero-order valence-electron chi connectivity index (χ0n) is 19.9. The van der Waals surface area contributed by atoms with Crippen molar-refractivity contribution in [2.75, 3.05) is 0 Å². The van der Waals surface area contributed by atoms with Crippen molar-refractivity contribution in [1.82, 2.24) is 9.55 Å². The maximum absolute atomic E-state index is 13.9. The first kappa shape index (κ1) is 26.9. The summed E-state index contributed by atoms with van der Waals surface area (Å²) in [6.07, 6.45) is -2.20. The summed E-state index contributed by atoms with van der Waals surface area (Å²) in [5, 5.41) is 7.99. The molecule has 0 aliphatic carbocycles. The summed E-state index contributed by atoms with van der Waals surface area (Å²) in [6, 6.07) is 17.4. The van der Waals surface area contributed by atoms with Gasteiger partial charge in [0.15, 0.2) is 0 Å². The van der Waals surface area contributed by atoms with Crippen LogP contribution in [-0.4, -0.2) is 37.1 Å². The Kier molecular flexibility index (Phi) is 7.83. The second kappa shape index (κ2) is 11.1. The quantitative estimate of drug-likeness (QED) is 0.0573. The van der Waals surface area contributed by atoms with Crippen LogP contribution in [0.15, 0.2) is 84.1 Å². The first-order chi connectivity index (χ1) is 18.1. The molecular formula is C26H22F4N5O2S+. The molecule has 0 spiro atoms. The second-order valence-corrected chi connectivity index (χ2v) is 8.77. The van der Waals surface area contributed by atoms with Crippen molar-refractivity contribution < 1.29 is 31.5 Å². The van der Waals surface area contributed by atoms with E-state index in [1.807, 2.05) is 12.1 Å². The maximum Gasteiger partial charge on any atom is 0.573 e. The normalized spacial score (nSPS) is 13.1. The minimum Gasteiger partial charge on any atom is -0.406 e. The fraction of sp³-hybridized carbons (Fsp3) is 0.115. The van der Waals surface area contributed by atoms with Gasteiger partial charge < -0.3 is 14.7 Å². The van der Waals surface area contributed by atoms with Gasteiger partial charge in [0.05, 0.1) is 23.8 Å². The van der Waals surface area contributed by atoms with Crippen LogP contribution in [0, 0.1) is 5.41 Å². The fourth-order valence-electron chi connectivity index (χ4n) is 3.77. The second-order valence-electron chi connectivity index (χ2n) is 8.12. The number of hydrogen-bond acceptors (Lipinski definition) is 6. The summed E-state index contributed by atoms with van der Waals surface area (Å²) >= 11 is 0.606. The van der Waals surface area contributed by atoms with E-state index in [9.17, 15) is 22.1 Å². The molecule has 0 bridgehead atoms. The van der Waals surface area contributed by atoms with Crippen molar-refractivity contribution in [2.45, 2.75) is 24.4 Å². The Balaban J connectivity index is 1.87. The van der Waals surface area contributed by atoms with Gasteiger partial charge in [-0.05, 0) is 60.5 Å². The lowest BCUT2D eigenvalue weighted by atomic mass is 10.0. The molecule has 0 saturated heterocycles. The molecule has 7 nitrogen and oxygen atoms in total. The number of nitrogens with two attached hydrogens (primary N) is 1.